The smallest absolute Gasteiger partial charge is 0.193 e. The molecular weight excluding hydrogens is 362 g/mol. The Kier molecular flexibility index (Phi) is 5.18. The average molecular weight is 382 g/mol. The van der Waals surface area contributed by atoms with Crippen LogP contribution in [0.2, 0.25) is 0 Å². The number of benzene rings is 1. The van der Waals surface area contributed by atoms with E-state index in [1.165, 1.54) is 6.42 Å². The van der Waals surface area contributed by atoms with Crippen LogP contribution in [-0.2, 0) is 6.67 Å². The van der Waals surface area contributed by atoms with E-state index in [2.05, 4.69) is 66.7 Å². The van der Waals surface area contributed by atoms with Crippen molar-refractivity contribution in [1.82, 2.24) is 24.6 Å². The van der Waals surface area contributed by atoms with E-state index in [4.69, 9.17) is 0 Å². The van der Waals surface area contributed by atoms with E-state index in [-0.39, 0.29) is 0 Å². The van der Waals surface area contributed by atoms with Gasteiger partial charge in [-0.1, -0.05) is 39.8 Å². The summed E-state index contributed by atoms with van der Waals surface area (Å²) < 4.78 is 3.29. The molecule has 0 saturated heterocycles. The van der Waals surface area contributed by atoms with Crippen molar-refractivity contribution in [2.75, 3.05) is 33.1 Å². The minimum atomic E-state index is 0.869. The van der Waals surface area contributed by atoms with E-state index >= 15 is 0 Å². The second-order valence-corrected chi connectivity index (χ2v) is 7.53. The van der Waals surface area contributed by atoms with Gasteiger partial charge in [0.25, 0.3) is 0 Å². The van der Waals surface area contributed by atoms with E-state index in [9.17, 15) is 0 Å². The first-order chi connectivity index (χ1) is 10.6. The van der Waals surface area contributed by atoms with Gasteiger partial charge >= 0.3 is 0 Å². The summed E-state index contributed by atoms with van der Waals surface area (Å²) in [6.45, 7) is 3.09. The van der Waals surface area contributed by atoms with Crippen LogP contribution in [-0.4, -0.2) is 57.6 Å². The third-order valence-corrected chi connectivity index (χ3v) is 5.20. The molecule has 0 amide bonds. The van der Waals surface area contributed by atoms with Gasteiger partial charge in [-0.25, -0.2) is 0 Å². The quantitative estimate of drug-likeness (QED) is 0.795. The van der Waals surface area contributed by atoms with E-state index in [0.29, 0.717) is 0 Å². The predicted molar refractivity (Wildman–Crippen MR) is 93.8 cm³/mol. The highest BCUT2D eigenvalue weighted by atomic mass is 79.9. The summed E-state index contributed by atoms with van der Waals surface area (Å²) in [6.07, 6.45) is 1.18. The van der Waals surface area contributed by atoms with Crippen molar-refractivity contribution in [2.45, 2.75) is 18.2 Å². The monoisotopic (exact) mass is 381 g/mol. The third kappa shape index (κ3) is 3.71. The predicted octanol–water partition coefficient (Wildman–Crippen LogP) is 2.98. The van der Waals surface area contributed by atoms with E-state index in [0.717, 1.165) is 46.7 Å². The highest BCUT2D eigenvalue weighted by Gasteiger charge is 2.22. The van der Waals surface area contributed by atoms with Crippen LogP contribution in [0.4, 0.5) is 0 Å². The molecule has 1 aromatic carbocycles. The minimum Gasteiger partial charge on any atom is -0.309 e. The fraction of sp³-hybridized carbons (Fsp3) is 0.467. The van der Waals surface area contributed by atoms with Crippen molar-refractivity contribution >= 4 is 27.7 Å². The Morgan fingerprint density at radius 3 is 2.73 bits per heavy atom. The zero-order valence-electron chi connectivity index (χ0n) is 12.9. The number of hydrogen-bond donors (Lipinski definition) is 0. The molecule has 0 aliphatic carbocycles. The van der Waals surface area contributed by atoms with Crippen LogP contribution >= 0.6 is 27.7 Å². The van der Waals surface area contributed by atoms with Crippen LogP contribution in [0, 0.1) is 0 Å². The third-order valence-electron chi connectivity index (χ3n) is 3.62. The average Bonchev–Trinajstić information content (AvgIpc) is 2.91. The molecule has 3 rings (SSSR count). The first-order valence-corrected chi connectivity index (χ1v) is 9.10. The summed E-state index contributed by atoms with van der Waals surface area (Å²) in [7, 11) is 4.24. The largest absolute Gasteiger partial charge is 0.309 e. The lowest BCUT2D eigenvalue weighted by molar-refractivity contribution is 0.226. The number of fused-ring (bicyclic) bond motifs is 1. The molecule has 2 heterocycles. The van der Waals surface area contributed by atoms with Gasteiger partial charge in [-0.15, -0.1) is 10.2 Å². The molecule has 1 aliphatic heterocycles. The lowest BCUT2D eigenvalue weighted by atomic mass is 10.2. The molecular formula is C15H20BrN5S. The van der Waals surface area contributed by atoms with Gasteiger partial charge in [-0.3, -0.25) is 9.47 Å². The van der Waals surface area contributed by atoms with Crippen molar-refractivity contribution in [3.63, 3.8) is 0 Å². The van der Waals surface area contributed by atoms with Crippen LogP contribution in [0.5, 0.6) is 0 Å². The molecule has 0 fully saturated rings. The van der Waals surface area contributed by atoms with Gasteiger partial charge in [0.2, 0.25) is 0 Å². The van der Waals surface area contributed by atoms with E-state index in [1.54, 1.807) is 11.8 Å². The van der Waals surface area contributed by atoms with Gasteiger partial charge in [-0.2, -0.15) is 0 Å². The van der Waals surface area contributed by atoms with Gasteiger partial charge in [0, 0.05) is 16.6 Å². The molecule has 118 valence electrons. The number of thioether (sulfide) groups is 1. The van der Waals surface area contributed by atoms with Crippen molar-refractivity contribution in [1.29, 1.82) is 0 Å². The van der Waals surface area contributed by atoms with Crippen molar-refractivity contribution < 1.29 is 0 Å². The Morgan fingerprint density at radius 1 is 1.23 bits per heavy atom. The lowest BCUT2D eigenvalue weighted by Gasteiger charge is -2.28. The Hall–Kier alpha value is -0.890. The molecule has 1 aliphatic rings. The zero-order valence-corrected chi connectivity index (χ0v) is 15.3. The SMILES string of the molecule is CN(C)CCCN1CSc2nnc(-c3ccc(Br)cc3)n2C1. The maximum Gasteiger partial charge on any atom is 0.193 e. The summed E-state index contributed by atoms with van der Waals surface area (Å²) >= 11 is 5.24. The Bertz CT molecular complexity index is 625. The number of nitrogens with zero attached hydrogens (tertiary/aromatic N) is 5. The number of aromatic nitrogens is 3. The summed E-state index contributed by atoms with van der Waals surface area (Å²) in [5.74, 6) is 1.94. The van der Waals surface area contributed by atoms with Gasteiger partial charge < -0.3 is 4.90 Å². The molecule has 0 unspecified atom stereocenters. The zero-order chi connectivity index (χ0) is 15.5. The van der Waals surface area contributed by atoms with E-state index in [1.807, 2.05) is 12.1 Å². The molecule has 0 saturated carbocycles. The fourth-order valence-electron chi connectivity index (χ4n) is 2.47. The van der Waals surface area contributed by atoms with E-state index < -0.39 is 0 Å². The van der Waals surface area contributed by atoms with Crippen LogP contribution in [0.25, 0.3) is 11.4 Å². The Morgan fingerprint density at radius 2 is 2.00 bits per heavy atom. The van der Waals surface area contributed by atoms with Crippen molar-refractivity contribution in [2.24, 2.45) is 0 Å². The Labute approximate surface area is 143 Å². The molecule has 0 atom stereocenters. The first kappa shape index (κ1) is 16.0. The molecule has 2 aromatic rings. The highest BCUT2D eigenvalue weighted by Crippen LogP contribution is 2.29. The molecule has 7 heteroatoms. The second kappa shape index (κ2) is 7.12. The fourth-order valence-corrected chi connectivity index (χ4v) is 3.64. The summed E-state index contributed by atoms with van der Waals surface area (Å²) in [4.78, 5) is 4.68. The van der Waals surface area contributed by atoms with Crippen LogP contribution in [0.3, 0.4) is 0 Å². The number of rotatable bonds is 5. The standard InChI is InChI=1S/C15H20BrN5S/c1-19(2)8-3-9-20-10-21-14(17-18-15(21)22-11-20)12-4-6-13(16)7-5-12/h4-7H,3,8-11H2,1-2H3. The van der Waals surface area contributed by atoms with Gasteiger partial charge in [0.1, 0.15) is 0 Å². The first-order valence-electron chi connectivity index (χ1n) is 7.32. The minimum absolute atomic E-state index is 0.869. The van der Waals surface area contributed by atoms with Gasteiger partial charge in [-0.05, 0) is 39.2 Å². The molecule has 0 spiro atoms. The summed E-state index contributed by atoms with van der Waals surface area (Å²) in [6, 6.07) is 8.25. The summed E-state index contributed by atoms with van der Waals surface area (Å²) in [5, 5.41) is 9.73. The lowest BCUT2D eigenvalue weighted by Crippen LogP contribution is -2.32. The molecule has 0 N–H and O–H groups in total. The number of halogens is 1. The Balaban J connectivity index is 1.73. The molecule has 0 bridgehead atoms. The topological polar surface area (TPSA) is 37.2 Å². The van der Waals surface area contributed by atoms with Crippen LogP contribution < -0.4 is 0 Å². The maximum absolute atomic E-state index is 4.38. The van der Waals surface area contributed by atoms with Gasteiger partial charge in [0.15, 0.2) is 11.0 Å². The molecule has 22 heavy (non-hydrogen) atoms. The van der Waals surface area contributed by atoms with Crippen molar-refractivity contribution in [3.8, 4) is 11.4 Å². The van der Waals surface area contributed by atoms with Crippen molar-refractivity contribution in [3.05, 3.63) is 28.7 Å². The maximum atomic E-state index is 4.38. The van der Waals surface area contributed by atoms with Crippen LogP contribution in [0.15, 0.2) is 33.9 Å². The number of hydrogen-bond acceptors (Lipinski definition) is 5. The molecule has 0 radical (unpaired) electrons. The highest BCUT2D eigenvalue weighted by molar-refractivity contribution is 9.10. The molecule has 1 aromatic heterocycles. The summed E-state index contributed by atoms with van der Waals surface area (Å²) in [5.41, 5.74) is 1.11. The van der Waals surface area contributed by atoms with Gasteiger partial charge in [0.05, 0.1) is 12.5 Å². The molecule has 5 nitrogen and oxygen atoms in total. The normalized spacial score (nSPS) is 15.3. The van der Waals surface area contributed by atoms with Crippen LogP contribution in [0.1, 0.15) is 6.42 Å². The second-order valence-electron chi connectivity index (χ2n) is 5.71.